The van der Waals surface area contributed by atoms with Gasteiger partial charge in [0.05, 0.1) is 0 Å². The van der Waals surface area contributed by atoms with Crippen LogP contribution in [0.25, 0.3) is 0 Å². The van der Waals surface area contributed by atoms with Crippen LogP contribution < -0.4 is 5.32 Å². The molecule has 1 rings (SSSR count). The lowest BCUT2D eigenvalue weighted by molar-refractivity contribution is -0.129. The molecule has 0 bridgehead atoms. The summed E-state index contributed by atoms with van der Waals surface area (Å²) in [6, 6.07) is 0. The van der Waals surface area contributed by atoms with Gasteiger partial charge >= 0.3 is 0 Å². The summed E-state index contributed by atoms with van der Waals surface area (Å²) in [6.07, 6.45) is 7.92. The second-order valence-corrected chi connectivity index (χ2v) is 6.81. The Balaban J connectivity index is 2.62. The third-order valence-electron chi connectivity index (χ3n) is 3.72. The topological polar surface area (TPSA) is 49.4 Å². The van der Waals surface area contributed by atoms with Crippen LogP contribution in [0.3, 0.4) is 0 Å². The summed E-state index contributed by atoms with van der Waals surface area (Å²) < 4.78 is 0.695. The highest BCUT2D eigenvalue weighted by Gasteiger charge is 2.22. The van der Waals surface area contributed by atoms with E-state index in [9.17, 15) is 9.59 Å². The van der Waals surface area contributed by atoms with Crippen molar-refractivity contribution in [2.24, 2.45) is 0 Å². The van der Waals surface area contributed by atoms with Crippen molar-refractivity contribution in [1.82, 2.24) is 10.2 Å². The van der Waals surface area contributed by atoms with Gasteiger partial charge < -0.3 is 10.2 Å². The number of allylic oxidation sites excluding steroid dienone is 1. The van der Waals surface area contributed by atoms with E-state index in [0.717, 1.165) is 45.2 Å². The van der Waals surface area contributed by atoms with Crippen LogP contribution in [0.2, 0.25) is 0 Å². The second-order valence-electron chi connectivity index (χ2n) is 5.62. The fourth-order valence-electron chi connectivity index (χ4n) is 2.46. The predicted octanol–water partition coefficient (Wildman–Crippen LogP) is 3.71. The number of carbonyl (C=O) groups is 2. The average molecular weight is 359 g/mol. The Morgan fingerprint density at radius 2 is 1.71 bits per heavy atom. The summed E-state index contributed by atoms with van der Waals surface area (Å²) in [5.74, 6) is -0.129. The van der Waals surface area contributed by atoms with Gasteiger partial charge in [0.1, 0.15) is 5.70 Å². The number of hydrogen-bond acceptors (Lipinski definition) is 2. The first kappa shape index (κ1) is 18.2. The first-order chi connectivity index (χ1) is 10.1. The van der Waals surface area contributed by atoms with Gasteiger partial charge in [-0.3, -0.25) is 9.59 Å². The largest absolute Gasteiger partial charge is 0.337 e. The third kappa shape index (κ3) is 6.64. The molecule has 1 saturated heterocycles. The zero-order valence-corrected chi connectivity index (χ0v) is 14.8. The SMILES string of the molecule is CCCCCC(=O)N/C(C(=O)N1CCCCCC1)=C(\C)Br. The zero-order chi connectivity index (χ0) is 15.7. The molecule has 0 radical (unpaired) electrons. The molecule has 0 aliphatic carbocycles. The quantitative estimate of drug-likeness (QED) is 0.581. The van der Waals surface area contributed by atoms with Gasteiger partial charge in [-0.2, -0.15) is 0 Å². The van der Waals surface area contributed by atoms with Crippen LogP contribution in [-0.4, -0.2) is 29.8 Å². The number of nitrogens with zero attached hydrogens (tertiary/aromatic N) is 1. The van der Waals surface area contributed by atoms with Crippen molar-refractivity contribution in [3.05, 3.63) is 10.2 Å². The van der Waals surface area contributed by atoms with Gasteiger partial charge in [0.15, 0.2) is 0 Å². The molecule has 0 aromatic rings. The number of nitrogens with one attached hydrogen (secondary N) is 1. The molecule has 0 unspecified atom stereocenters. The molecule has 1 aliphatic rings. The van der Waals surface area contributed by atoms with Gasteiger partial charge in [-0.1, -0.05) is 48.5 Å². The standard InChI is InChI=1S/C16H27BrN2O2/c1-3-4-7-10-14(20)18-15(13(2)17)16(21)19-11-8-5-6-9-12-19/h3-12H2,1-2H3,(H,18,20)/b15-13+. The maximum absolute atomic E-state index is 12.6. The van der Waals surface area contributed by atoms with Crippen LogP contribution in [0, 0.1) is 0 Å². The minimum Gasteiger partial charge on any atom is -0.337 e. The fraction of sp³-hybridized carbons (Fsp3) is 0.750. The highest BCUT2D eigenvalue weighted by Crippen LogP contribution is 2.16. The van der Waals surface area contributed by atoms with Gasteiger partial charge in [0.2, 0.25) is 5.91 Å². The van der Waals surface area contributed by atoms with Crippen LogP contribution in [0.4, 0.5) is 0 Å². The van der Waals surface area contributed by atoms with Crippen LogP contribution in [-0.2, 0) is 9.59 Å². The lowest BCUT2D eigenvalue weighted by Crippen LogP contribution is -2.39. The molecule has 1 heterocycles. The Bertz CT molecular complexity index is 382. The van der Waals surface area contributed by atoms with Crippen molar-refractivity contribution in [3.63, 3.8) is 0 Å². The van der Waals surface area contributed by atoms with Gasteiger partial charge in [0.25, 0.3) is 5.91 Å². The first-order valence-corrected chi connectivity index (χ1v) is 8.81. The van der Waals surface area contributed by atoms with Gasteiger partial charge in [-0.15, -0.1) is 0 Å². The number of rotatable bonds is 6. The van der Waals surface area contributed by atoms with Gasteiger partial charge in [0, 0.05) is 24.0 Å². The maximum atomic E-state index is 12.6. The number of hydrogen-bond donors (Lipinski definition) is 1. The minimum absolute atomic E-state index is 0.0601. The van der Waals surface area contributed by atoms with E-state index >= 15 is 0 Å². The Morgan fingerprint density at radius 1 is 1.10 bits per heavy atom. The number of unbranched alkanes of at least 4 members (excludes halogenated alkanes) is 2. The van der Waals surface area contributed by atoms with Crippen molar-refractivity contribution in [2.45, 2.75) is 65.2 Å². The number of likely N-dealkylation sites (tertiary alicyclic amines) is 1. The fourth-order valence-corrected chi connectivity index (χ4v) is 2.73. The van der Waals surface area contributed by atoms with Crippen molar-refractivity contribution < 1.29 is 9.59 Å². The van der Waals surface area contributed by atoms with E-state index in [1.807, 2.05) is 4.90 Å². The zero-order valence-electron chi connectivity index (χ0n) is 13.2. The summed E-state index contributed by atoms with van der Waals surface area (Å²) in [5, 5.41) is 2.80. The number of carbonyl (C=O) groups excluding carboxylic acids is 2. The van der Waals surface area contributed by atoms with E-state index in [1.165, 1.54) is 12.8 Å². The second kappa shape index (κ2) is 9.98. The summed E-state index contributed by atoms with van der Waals surface area (Å²) in [7, 11) is 0. The first-order valence-electron chi connectivity index (χ1n) is 8.01. The highest BCUT2D eigenvalue weighted by atomic mass is 79.9. The molecular formula is C16H27BrN2O2. The smallest absolute Gasteiger partial charge is 0.271 e. The van der Waals surface area contributed by atoms with Crippen LogP contribution in [0.1, 0.15) is 65.2 Å². The molecule has 1 fully saturated rings. The van der Waals surface area contributed by atoms with E-state index in [4.69, 9.17) is 0 Å². The van der Waals surface area contributed by atoms with Crippen molar-refractivity contribution >= 4 is 27.7 Å². The molecule has 5 heteroatoms. The molecule has 0 aromatic heterocycles. The molecule has 120 valence electrons. The van der Waals surface area contributed by atoms with Gasteiger partial charge in [-0.25, -0.2) is 0 Å². The minimum atomic E-state index is -0.0691. The molecule has 1 aliphatic heterocycles. The molecule has 0 atom stereocenters. The summed E-state index contributed by atoms with van der Waals surface area (Å²) in [6.45, 7) is 5.48. The summed E-state index contributed by atoms with van der Waals surface area (Å²) >= 11 is 3.36. The molecule has 0 aromatic carbocycles. The third-order valence-corrected chi connectivity index (χ3v) is 4.12. The molecule has 0 saturated carbocycles. The lowest BCUT2D eigenvalue weighted by atomic mass is 10.2. The number of halogens is 1. The molecule has 21 heavy (non-hydrogen) atoms. The monoisotopic (exact) mass is 358 g/mol. The highest BCUT2D eigenvalue weighted by molar-refractivity contribution is 9.11. The summed E-state index contributed by atoms with van der Waals surface area (Å²) in [5.41, 5.74) is 0.401. The van der Waals surface area contributed by atoms with Crippen LogP contribution in [0.15, 0.2) is 10.2 Å². The van der Waals surface area contributed by atoms with Crippen LogP contribution in [0.5, 0.6) is 0 Å². The molecule has 0 spiro atoms. The Labute approximate surface area is 136 Å². The van der Waals surface area contributed by atoms with E-state index in [2.05, 4.69) is 28.2 Å². The van der Waals surface area contributed by atoms with Gasteiger partial charge in [-0.05, 0) is 26.2 Å². The molecular weight excluding hydrogens is 332 g/mol. The van der Waals surface area contributed by atoms with Crippen molar-refractivity contribution in [2.75, 3.05) is 13.1 Å². The molecule has 4 nitrogen and oxygen atoms in total. The Morgan fingerprint density at radius 3 is 2.24 bits per heavy atom. The maximum Gasteiger partial charge on any atom is 0.271 e. The Hall–Kier alpha value is -0.840. The lowest BCUT2D eigenvalue weighted by Gasteiger charge is -2.22. The number of amides is 2. The van der Waals surface area contributed by atoms with E-state index in [0.29, 0.717) is 16.6 Å². The molecule has 1 N–H and O–H groups in total. The Kier molecular flexibility index (Phi) is 8.66. The van der Waals surface area contributed by atoms with E-state index in [-0.39, 0.29) is 11.8 Å². The van der Waals surface area contributed by atoms with E-state index < -0.39 is 0 Å². The summed E-state index contributed by atoms with van der Waals surface area (Å²) in [4.78, 5) is 26.4. The molecule has 2 amide bonds. The van der Waals surface area contributed by atoms with Crippen molar-refractivity contribution in [3.8, 4) is 0 Å². The van der Waals surface area contributed by atoms with Crippen molar-refractivity contribution in [1.29, 1.82) is 0 Å². The van der Waals surface area contributed by atoms with Crippen LogP contribution >= 0.6 is 15.9 Å². The average Bonchev–Trinajstić information content (AvgIpc) is 2.73. The predicted molar refractivity (Wildman–Crippen MR) is 89.0 cm³/mol. The van der Waals surface area contributed by atoms with E-state index in [1.54, 1.807) is 6.92 Å². The normalized spacial score (nSPS) is 17.0.